The summed E-state index contributed by atoms with van der Waals surface area (Å²) in [5, 5.41) is 0. The lowest BCUT2D eigenvalue weighted by atomic mass is 10.1. The molecule has 1 heterocycles. The van der Waals surface area contributed by atoms with Gasteiger partial charge in [0.1, 0.15) is 24.2 Å². The van der Waals surface area contributed by atoms with Gasteiger partial charge < -0.3 is 9.47 Å². The molecule has 1 atom stereocenters. The quantitative estimate of drug-likeness (QED) is 0.797. The Morgan fingerprint density at radius 2 is 2.10 bits per heavy atom. The number of fused-ring (bicyclic) bond motifs is 1. The predicted octanol–water partition coefficient (Wildman–Crippen LogP) is 3.40. The van der Waals surface area contributed by atoms with E-state index >= 15 is 0 Å². The highest BCUT2D eigenvalue weighted by molar-refractivity contribution is 5.81. The van der Waals surface area contributed by atoms with Gasteiger partial charge in [0, 0.05) is 12.0 Å². The molecule has 3 rings (SSSR count). The molecule has 0 amide bonds. The Hall–Kier alpha value is -2.29. The molecular formula is C17H16O3. The van der Waals surface area contributed by atoms with Gasteiger partial charge >= 0.3 is 0 Å². The predicted molar refractivity (Wildman–Crippen MR) is 76.4 cm³/mol. The molecule has 1 aliphatic rings. The number of carbonyl (C=O) groups is 1. The number of aldehydes is 1. The van der Waals surface area contributed by atoms with Crippen LogP contribution < -0.4 is 9.47 Å². The monoisotopic (exact) mass is 268 g/mol. The van der Waals surface area contributed by atoms with E-state index in [1.807, 2.05) is 43.3 Å². The van der Waals surface area contributed by atoms with Crippen LogP contribution in [0.2, 0.25) is 0 Å². The second-order valence-corrected chi connectivity index (χ2v) is 5.02. The number of benzene rings is 2. The SMILES string of the molecule is CC1Cc2cc(OCc3ccccc3)c(C=O)cc2O1. The summed E-state index contributed by atoms with van der Waals surface area (Å²) in [4.78, 5) is 11.2. The van der Waals surface area contributed by atoms with E-state index in [2.05, 4.69) is 0 Å². The van der Waals surface area contributed by atoms with Crippen molar-refractivity contribution in [3.8, 4) is 11.5 Å². The van der Waals surface area contributed by atoms with E-state index in [4.69, 9.17) is 9.47 Å². The van der Waals surface area contributed by atoms with E-state index in [9.17, 15) is 4.79 Å². The topological polar surface area (TPSA) is 35.5 Å². The van der Waals surface area contributed by atoms with Crippen LogP contribution in [0, 0.1) is 0 Å². The van der Waals surface area contributed by atoms with Gasteiger partial charge in [-0.3, -0.25) is 4.79 Å². The minimum Gasteiger partial charge on any atom is -0.490 e. The summed E-state index contributed by atoms with van der Waals surface area (Å²) >= 11 is 0. The Morgan fingerprint density at radius 3 is 2.85 bits per heavy atom. The van der Waals surface area contributed by atoms with Crippen molar-refractivity contribution in [3.05, 3.63) is 59.2 Å². The zero-order valence-electron chi connectivity index (χ0n) is 11.3. The van der Waals surface area contributed by atoms with E-state index in [0.717, 1.165) is 29.6 Å². The Bertz CT molecular complexity index is 620. The Labute approximate surface area is 118 Å². The average Bonchev–Trinajstić information content (AvgIpc) is 2.84. The fourth-order valence-electron chi connectivity index (χ4n) is 2.41. The van der Waals surface area contributed by atoms with Crippen molar-refractivity contribution in [1.82, 2.24) is 0 Å². The molecule has 0 spiro atoms. The van der Waals surface area contributed by atoms with Crippen LogP contribution in [0.1, 0.15) is 28.4 Å². The van der Waals surface area contributed by atoms with Crippen LogP contribution in [0.25, 0.3) is 0 Å². The molecule has 1 unspecified atom stereocenters. The van der Waals surface area contributed by atoms with Gasteiger partial charge in [-0.05, 0) is 24.6 Å². The minimum absolute atomic E-state index is 0.161. The molecule has 2 aromatic rings. The summed E-state index contributed by atoms with van der Waals surface area (Å²) < 4.78 is 11.4. The van der Waals surface area contributed by atoms with Gasteiger partial charge in [0.15, 0.2) is 6.29 Å². The van der Waals surface area contributed by atoms with E-state index < -0.39 is 0 Å². The molecule has 1 aliphatic heterocycles. The molecule has 0 fully saturated rings. The highest BCUT2D eigenvalue weighted by Gasteiger charge is 2.21. The third-order valence-electron chi connectivity index (χ3n) is 3.39. The van der Waals surface area contributed by atoms with E-state index in [-0.39, 0.29) is 6.10 Å². The maximum atomic E-state index is 11.2. The van der Waals surface area contributed by atoms with Gasteiger partial charge in [0.25, 0.3) is 0 Å². The van der Waals surface area contributed by atoms with Crippen LogP contribution in [0.4, 0.5) is 0 Å². The third-order valence-corrected chi connectivity index (χ3v) is 3.39. The van der Waals surface area contributed by atoms with Crippen molar-refractivity contribution in [2.45, 2.75) is 26.1 Å². The molecule has 0 N–H and O–H groups in total. The van der Waals surface area contributed by atoms with Crippen molar-refractivity contribution in [3.63, 3.8) is 0 Å². The molecule has 20 heavy (non-hydrogen) atoms. The van der Waals surface area contributed by atoms with Gasteiger partial charge in [-0.15, -0.1) is 0 Å². The highest BCUT2D eigenvalue weighted by atomic mass is 16.5. The van der Waals surface area contributed by atoms with Crippen LogP contribution in [0.3, 0.4) is 0 Å². The summed E-state index contributed by atoms with van der Waals surface area (Å²) in [6.07, 6.45) is 1.83. The number of hydrogen-bond acceptors (Lipinski definition) is 3. The fourth-order valence-corrected chi connectivity index (χ4v) is 2.41. The van der Waals surface area contributed by atoms with Gasteiger partial charge in [-0.1, -0.05) is 30.3 Å². The zero-order valence-corrected chi connectivity index (χ0v) is 11.3. The number of rotatable bonds is 4. The molecule has 0 saturated heterocycles. The van der Waals surface area contributed by atoms with Gasteiger partial charge in [0.2, 0.25) is 0 Å². The molecule has 0 aromatic heterocycles. The largest absolute Gasteiger partial charge is 0.490 e. The van der Waals surface area contributed by atoms with Gasteiger partial charge in [0.05, 0.1) is 5.56 Å². The summed E-state index contributed by atoms with van der Waals surface area (Å²) in [6, 6.07) is 13.6. The molecule has 0 bridgehead atoms. The molecule has 0 saturated carbocycles. The van der Waals surface area contributed by atoms with Crippen LogP contribution in [-0.4, -0.2) is 12.4 Å². The molecule has 3 nitrogen and oxygen atoms in total. The Balaban J connectivity index is 1.82. The van der Waals surface area contributed by atoms with Crippen molar-refractivity contribution < 1.29 is 14.3 Å². The number of carbonyl (C=O) groups excluding carboxylic acids is 1. The Kier molecular flexibility index (Phi) is 3.42. The van der Waals surface area contributed by atoms with Crippen LogP contribution >= 0.6 is 0 Å². The first kappa shape index (κ1) is 12.7. The summed E-state index contributed by atoms with van der Waals surface area (Å²) in [6.45, 7) is 2.47. The molecule has 0 radical (unpaired) electrons. The molecule has 3 heteroatoms. The second-order valence-electron chi connectivity index (χ2n) is 5.02. The summed E-state index contributed by atoms with van der Waals surface area (Å²) in [5.41, 5.74) is 2.72. The van der Waals surface area contributed by atoms with Crippen molar-refractivity contribution in [2.75, 3.05) is 0 Å². The molecular weight excluding hydrogens is 252 g/mol. The normalized spacial score (nSPS) is 16.4. The molecule has 102 valence electrons. The third kappa shape index (κ3) is 2.52. The summed E-state index contributed by atoms with van der Waals surface area (Å²) in [5.74, 6) is 1.42. The summed E-state index contributed by atoms with van der Waals surface area (Å²) in [7, 11) is 0. The standard InChI is InChI=1S/C17H16O3/c1-12-7-14-8-16(15(10-18)9-17(14)20-12)19-11-13-5-3-2-4-6-13/h2-6,8-10,12H,7,11H2,1H3. The smallest absolute Gasteiger partial charge is 0.153 e. The van der Waals surface area contributed by atoms with E-state index in [1.165, 1.54) is 0 Å². The highest BCUT2D eigenvalue weighted by Crippen LogP contribution is 2.34. The van der Waals surface area contributed by atoms with Crippen molar-refractivity contribution >= 4 is 6.29 Å². The van der Waals surface area contributed by atoms with E-state index in [1.54, 1.807) is 6.07 Å². The molecule has 0 aliphatic carbocycles. The first-order valence-electron chi connectivity index (χ1n) is 6.72. The average molecular weight is 268 g/mol. The lowest BCUT2D eigenvalue weighted by Crippen LogP contribution is -2.05. The Morgan fingerprint density at radius 1 is 1.30 bits per heavy atom. The van der Waals surface area contributed by atoms with Crippen LogP contribution in [0.5, 0.6) is 11.5 Å². The van der Waals surface area contributed by atoms with Crippen LogP contribution in [-0.2, 0) is 13.0 Å². The first-order valence-corrected chi connectivity index (χ1v) is 6.72. The molecule has 2 aromatic carbocycles. The first-order chi connectivity index (χ1) is 9.76. The second kappa shape index (κ2) is 5.37. The van der Waals surface area contributed by atoms with Crippen molar-refractivity contribution in [1.29, 1.82) is 0 Å². The minimum atomic E-state index is 0.161. The lowest BCUT2D eigenvalue weighted by molar-refractivity contribution is 0.111. The number of hydrogen-bond donors (Lipinski definition) is 0. The van der Waals surface area contributed by atoms with Gasteiger partial charge in [-0.25, -0.2) is 0 Å². The maximum absolute atomic E-state index is 11.2. The van der Waals surface area contributed by atoms with Gasteiger partial charge in [-0.2, -0.15) is 0 Å². The maximum Gasteiger partial charge on any atom is 0.153 e. The van der Waals surface area contributed by atoms with Crippen molar-refractivity contribution in [2.24, 2.45) is 0 Å². The lowest BCUT2D eigenvalue weighted by Gasteiger charge is -2.10. The fraction of sp³-hybridized carbons (Fsp3) is 0.235. The zero-order chi connectivity index (χ0) is 13.9. The van der Waals surface area contributed by atoms with E-state index in [0.29, 0.717) is 17.9 Å². The van der Waals surface area contributed by atoms with Crippen LogP contribution in [0.15, 0.2) is 42.5 Å². The number of ether oxygens (including phenoxy) is 2.